The third kappa shape index (κ3) is 2.48. The van der Waals surface area contributed by atoms with E-state index >= 15 is 0 Å². The molecule has 2 N–H and O–H groups in total. The molecule has 0 bridgehead atoms. The van der Waals surface area contributed by atoms with Gasteiger partial charge in [0, 0.05) is 38.3 Å². The minimum atomic E-state index is 0.236. The maximum atomic E-state index is 9.93. The zero-order valence-electron chi connectivity index (χ0n) is 9.46. The smallest absolute Gasteiger partial charge is 0.138 e. The quantitative estimate of drug-likeness (QED) is 0.827. The van der Waals surface area contributed by atoms with Crippen molar-refractivity contribution < 1.29 is 5.11 Å². The fraction of sp³-hybridized carbons (Fsp3) is 0.500. The third-order valence-corrected chi connectivity index (χ3v) is 3.36. The van der Waals surface area contributed by atoms with Crippen LogP contribution in [0.1, 0.15) is 11.1 Å². The van der Waals surface area contributed by atoms with Crippen LogP contribution in [0.2, 0.25) is 5.02 Å². The third-order valence-electron chi connectivity index (χ3n) is 3.06. The number of benzene rings is 1. The van der Waals surface area contributed by atoms with Gasteiger partial charge in [0.2, 0.25) is 0 Å². The summed E-state index contributed by atoms with van der Waals surface area (Å²) in [4.78, 5) is 2.33. The molecule has 1 heterocycles. The van der Waals surface area contributed by atoms with Crippen molar-refractivity contribution in [2.24, 2.45) is 0 Å². The summed E-state index contributed by atoms with van der Waals surface area (Å²) >= 11 is 5.92. The molecule has 0 spiro atoms. The van der Waals surface area contributed by atoms with E-state index in [1.54, 1.807) is 6.07 Å². The van der Waals surface area contributed by atoms with E-state index in [4.69, 9.17) is 11.6 Å². The summed E-state index contributed by atoms with van der Waals surface area (Å²) in [5, 5.41) is 13.7. The van der Waals surface area contributed by atoms with Gasteiger partial charge in [-0.25, -0.2) is 0 Å². The lowest BCUT2D eigenvalue weighted by Gasteiger charge is -2.28. The molecule has 0 saturated carbocycles. The van der Waals surface area contributed by atoms with Crippen molar-refractivity contribution in [3.05, 3.63) is 28.3 Å². The largest absolute Gasteiger partial charge is 0.506 e. The van der Waals surface area contributed by atoms with Gasteiger partial charge in [0.25, 0.3) is 0 Å². The second kappa shape index (κ2) is 5.04. The van der Waals surface area contributed by atoms with Gasteiger partial charge >= 0.3 is 0 Å². The van der Waals surface area contributed by atoms with Crippen LogP contribution in [0.5, 0.6) is 5.75 Å². The number of rotatable bonds is 2. The lowest BCUT2D eigenvalue weighted by atomic mass is 10.1. The number of aryl methyl sites for hydroxylation is 1. The molecular formula is C12H17ClN2O. The molecule has 1 fully saturated rings. The molecule has 0 aliphatic carbocycles. The number of piperazine rings is 1. The Morgan fingerprint density at radius 2 is 2.06 bits per heavy atom. The Morgan fingerprint density at radius 1 is 1.38 bits per heavy atom. The van der Waals surface area contributed by atoms with Gasteiger partial charge in [-0.1, -0.05) is 17.7 Å². The molecule has 2 rings (SSSR count). The number of halogens is 1. The molecule has 0 aromatic heterocycles. The standard InChI is InChI=1S/C12H17ClN2O/c1-9-2-3-11(13)12(16)10(9)8-15-6-4-14-5-7-15/h2-3,14,16H,4-8H2,1H3. The van der Waals surface area contributed by atoms with Gasteiger partial charge in [-0.3, -0.25) is 4.90 Å². The molecule has 1 aliphatic rings. The van der Waals surface area contributed by atoms with E-state index in [1.165, 1.54) is 0 Å². The van der Waals surface area contributed by atoms with Crippen molar-refractivity contribution in [1.29, 1.82) is 0 Å². The molecule has 0 unspecified atom stereocenters. The Balaban J connectivity index is 2.16. The van der Waals surface area contributed by atoms with Gasteiger partial charge in [0.05, 0.1) is 5.02 Å². The Labute approximate surface area is 101 Å². The fourth-order valence-electron chi connectivity index (χ4n) is 2.00. The van der Waals surface area contributed by atoms with Crippen LogP contribution < -0.4 is 5.32 Å². The summed E-state index contributed by atoms with van der Waals surface area (Å²) < 4.78 is 0. The number of aromatic hydroxyl groups is 1. The van der Waals surface area contributed by atoms with E-state index in [9.17, 15) is 5.11 Å². The molecule has 0 atom stereocenters. The zero-order chi connectivity index (χ0) is 11.5. The highest BCUT2D eigenvalue weighted by atomic mass is 35.5. The molecule has 4 heteroatoms. The van der Waals surface area contributed by atoms with Gasteiger partial charge in [0.1, 0.15) is 5.75 Å². The fourth-order valence-corrected chi connectivity index (χ4v) is 2.18. The number of nitrogens with one attached hydrogen (secondary N) is 1. The van der Waals surface area contributed by atoms with E-state index in [1.807, 2.05) is 13.0 Å². The SMILES string of the molecule is Cc1ccc(Cl)c(O)c1CN1CCNCC1. The number of phenols is 1. The molecule has 88 valence electrons. The predicted molar refractivity (Wildman–Crippen MR) is 66.0 cm³/mol. The minimum Gasteiger partial charge on any atom is -0.506 e. The highest BCUT2D eigenvalue weighted by Gasteiger charge is 2.15. The summed E-state index contributed by atoms with van der Waals surface area (Å²) in [5.41, 5.74) is 2.05. The lowest BCUT2D eigenvalue weighted by Crippen LogP contribution is -2.43. The van der Waals surface area contributed by atoms with E-state index < -0.39 is 0 Å². The van der Waals surface area contributed by atoms with E-state index in [0.29, 0.717) is 5.02 Å². The van der Waals surface area contributed by atoms with E-state index in [0.717, 1.165) is 43.9 Å². The molecule has 0 radical (unpaired) electrons. The Hall–Kier alpha value is -0.770. The van der Waals surface area contributed by atoms with Crippen LogP contribution in [0.25, 0.3) is 0 Å². The van der Waals surface area contributed by atoms with Crippen LogP contribution in [0, 0.1) is 6.92 Å². The van der Waals surface area contributed by atoms with Crippen LogP contribution in [0.15, 0.2) is 12.1 Å². The first kappa shape index (κ1) is 11.7. The monoisotopic (exact) mass is 240 g/mol. The predicted octanol–water partition coefficient (Wildman–Crippen LogP) is 1.76. The Bertz CT molecular complexity index is 376. The van der Waals surface area contributed by atoms with Crippen LogP contribution in [-0.4, -0.2) is 36.2 Å². The first-order chi connectivity index (χ1) is 7.68. The first-order valence-corrected chi connectivity index (χ1v) is 5.96. The number of hydrogen-bond acceptors (Lipinski definition) is 3. The van der Waals surface area contributed by atoms with Crippen molar-refractivity contribution >= 4 is 11.6 Å². The van der Waals surface area contributed by atoms with Crippen LogP contribution in [0.3, 0.4) is 0 Å². The summed E-state index contributed by atoms with van der Waals surface area (Å²) in [6.45, 7) is 6.85. The molecule has 3 nitrogen and oxygen atoms in total. The maximum absolute atomic E-state index is 9.93. The van der Waals surface area contributed by atoms with E-state index in [2.05, 4.69) is 10.2 Å². The molecule has 1 aromatic carbocycles. The molecule has 1 saturated heterocycles. The van der Waals surface area contributed by atoms with E-state index in [-0.39, 0.29) is 5.75 Å². The molecule has 16 heavy (non-hydrogen) atoms. The normalized spacial score (nSPS) is 17.6. The average molecular weight is 241 g/mol. The van der Waals surface area contributed by atoms with Gasteiger partial charge < -0.3 is 10.4 Å². The highest BCUT2D eigenvalue weighted by molar-refractivity contribution is 6.32. The van der Waals surface area contributed by atoms with Gasteiger partial charge in [-0.15, -0.1) is 0 Å². The number of nitrogens with zero attached hydrogens (tertiary/aromatic N) is 1. The van der Waals surface area contributed by atoms with Crippen LogP contribution in [-0.2, 0) is 6.54 Å². The van der Waals surface area contributed by atoms with Crippen molar-refractivity contribution in [1.82, 2.24) is 10.2 Å². The molecule has 1 aliphatic heterocycles. The van der Waals surface area contributed by atoms with Gasteiger partial charge in [0.15, 0.2) is 0 Å². The van der Waals surface area contributed by atoms with Gasteiger partial charge in [-0.05, 0) is 18.6 Å². The second-order valence-corrected chi connectivity index (χ2v) is 4.62. The van der Waals surface area contributed by atoms with Crippen molar-refractivity contribution in [2.75, 3.05) is 26.2 Å². The topological polar surface area (TPSA) is 35.5 Å². The minimum absolute atomic E-state index is 0.236. The molecule has 0 amide bonds. The molecular weight excluding hydrogens is 224 g/mol. The lowest BCUT2D eigenvalue weighted by molar-refractivity contribution is 0.230. The second-order valence-electron chi connectivity index (χ2n) is 4.22. The van der Waals surface area contributed by atoms with Crippen molar-refractivity contribution in [3.63, 3.8) is 0 Å². The highest BCUT2D eigenvalue weighted by Crippen LogP contribution is 2.30. The summed E-state index contributed by atoms with van der Waals surface area (Å²) in [5.74, 6) is 0.236. The van der Waals surface area contributed by atoms with Gasteiger partial charge in [-0.2, -0.15) is 0 Å². The van der Waals surface area contributed by atoms with Crippen molar-refractivity contribution in [3.8, 4) is 5.75 Å². The number of hydrogen-bond donors (Lipinski definition) is 2. The summed E-state index contributed by atoms with van der Waals surface area (Å²) in [6, 6.07) is 3.70. The average Bonchev–Trinajstić information content (AvgIpc) is 2.31. The maximum Gasteiger partial charge on any atom is 0.138 e. The first-order valence-electron chi connectivity index (χ1n) is 5.58. The molecule has 1 aromatic rings. The summed E-state index contributed by atoms with van der Waals surface area (Å²) in [6.07, 6.45) is 0. The Kier molecular flexibility index (Phi) is 3.69. The van der Waals surface area contributed by atoms with Crippen LogP contribution >= 0.6 is 11.6 Å². The Morgan fingerprint density at radius 3 is 2.75 bits per heavy atom. The zero-order valence-corrected chi connectivity index (χ0v) is 10.2. The van der Waals surface area contributed by atoms with Crippen LogP contribution in [0.4, 0.5) is 0 Å². The summed E-state index contributed by atoms with van der Waals surface area (Å²) in [7, 11) is 0. The van der Waals surface area contributed by atoms with Crippen molar-refractivity contribution in [2.45, 2.75) is 13.5 Å². The number of phenolic OH excluding ortho intramolecular Hbond substituents is 1.